The first-order chi connectivity index (χ1) is 8.35. The molecule has 1 N–H and O–H groups in total. The molecule has 0 bridgehead atoms. The number of nitro groups is 1. The summed E-state index contributed by atoms with van der Waals surface area (Å²) >= 11 is 0. The molecular weight excluding hydrogens is 238 g/mol. The van der Waals surface area contributed by atoms with Crippen LogP contribution < -0.4 is 4.74 Å². The van der Waals surface area contributed by atoms with Crippen LogP contribution in [-0.2, 0) is 4.79 Å². The van der Waals surface area contributed by atoms with Gasteiger partial charge in [0.2, 0.25) is 5.60 Å². The number of carboxylic acid groups (broad SMARTS) is 1. The zero-order chi connectivity index (χ0) is 13.5. The number of hydrogen-bond donors (Lipinski definition) is 1. The molecule has 1 aromatic rings. The summed E-state index contributed by atoms with van der Waals surface area (Å²) in [5.41, 5.74) is -0.0884. The fraction of sp³-hybridized carbons (Fsp3) is 0.417. The fourth-order valence-corrected chi connectivity index (χ4v) is 1.76. The van der Waals surface area contributed by atoms with E-state index >= 15 is 0 Å². The van der Waals surface area contributed by atoms with E-state index in [0.29, 0.717) is 29.7 Å². The molecule has 96 valence electrons. The highest BCUT2D eigenvalue weighted by Crippen LogP contribution is 2.42. The van der Waals surface area contributed by atoms with Gasteiger partial charge in [0, 0.05) is 24.5 Å². The Hall–Kier alpha value is -2.11. The maximum absolute atomic E-state index is 11.0. The molecule has 0 atom stereocenters. The zero-order valence-corrected chi connectivity index (χ0v) is 10.1. The molecule has 0 aliphatic heterocycles. The van der Waals surface area contributed by atoms with Crippen molar-refractivity contribution in [3.8, 4) is 5.75 Å². The van der Waals surface area contributed by atoms with E-state index in [0.717, 1.165) is 0 Å². The number of rotatable bonds is 4. The second-order valence-corrected chi connectivity index (χ2v) is 4.56. The number of benzene rings is 1. The summed E-state index contributed by atoms with van der Waals surface area (Å²) in [6.45, 7) is 3.27. The third kappa shape index (κ3) is 2.01. The lowest BCUT2D eigenvalue weighted by Crippen LogP contribution is -2.29. The first-order valence-electron chi connectivity index (χ1n) is 5.54. The number of aliphatic carboxylic acids is 1. The number of ether oxygens (including phenoxy) is 1. The van der Waals surface area contributed by atoms with Crippen LogP contribution in [0.3, 0.4) is 0 Å². The van der Waals surface area contributed by atoms with Crippen LogP contribution in [0.5, 0.6) is 5.75 Å². The highest BCUT2D eigenvalue weighted by molar-refractivity contribution is 5.81. The van der Waals surface area contributed by atoms with E-state index in [4.69, 9.17) is 9.84 Å². The molecule has 0 aromatic heterocycles. The predicted octanol–water partition coefficient (Wildman–Crippen LogP) is 2.21. The van der Waals surface area contributed by atoms with Crippen molar-refractivity contribution in [1.82, 2.24) is 0 Å². The van der Waals surface area contributed by atoms with Crippen LogP contribution in [0.4, 0.5) is 5.69 Å². The molecule has 0 radical (unpaired) electrons. The molecule has 1 aliphatic rings. The SMILES string of the molecule is Cc1cc([N+](=O)[O-])c(C)cc1OC1(C(=O)O)CC1. The van der Waals surface area contributed by atoms with Gasteiger partial charge in [0.25, 0.3) is 5.69 Å². The Labute approximate surface area is 103 Å². The van der Waals surface area contributed by atoms with Crippen molar-refractivity contribution < 1.29 is 19.6 Å². The topological polar surface area (TPSA) is 89.7 Å². The molecule has 1 aliphatic carbocycles. The molecule has 1 aromatic carbocycles. The number of nitro benzene ring substituents is 1. The third-order valence-electron chi connectivity index (χ3n) is 3.09. The molecule has 0 unspecified atom stereocenters. The molecule has 1 fully saturated rings. The van der Waals surface area contributed by atoms with Crippen molar-refractivity contribution >= 4 is 11.7 Å². The minimum absolute atomic E-state index is 0.0139. The van der Waals surface area contributed by atoms with E-state index in [2.05, 4.69) is 0 Å². The Bertz CT molecular complexity index is 534. The third-order valence-corrected chi connectivity index (χ3v) is 3.09. The van der Waals surface area contributed by atoms with Gasteiger partial charge in [0.05, 0.1) is 4.92 Å². The monoisotopic (exact) mass is 251 g/mol. The summed E-state index contributed by atoms with van der Waals surface area (Å²) in [6, 6.07) is 2.93. The van der Waals surface area contributed by atoms with Crippen LogP contribution >= 0.6 is 0 Å². The molecule has 6 nitrogen and oxygen atoms in total. The summed E-state index contributed by atoms with van der Waals surface area (Å²) in [5, 5.41) is 19.8. The van der Waals surface area contributed by atoms with Crippen molar-refractivity contribution in [3.63, 3.8) is 0 Å². The van der Waals surface area contributed by atoms with Crippen molar-refractivity contribution in [2.75, 3.05) is 0 Å². The molecule has 18 heavy (non-hydrogen) atoms. The van der Waals surface area contributed by atoms with Gasteiger partial charge in [-0.2, -0.15) is 0 Å². The molecule has 6 heteroatoms. The number of carboxylic acids is 1. The van der Waals surface area contributed by atoms with Crippen LogP contribution in [0.15, 0.2) is 12.1 Å². The largest absolute Gasteiger partial charge is 0.478 e. The average Bonchev–Trinajstić information content (AvgIpc) is 3.03. The number of hydrogen-bond acceptors (Lipinski definition) is 4. The van der Waals surface area contributed by atoms with Gasteiger partial charge in [-0.05, 0) is 25.5 Å². The summed E-state index contributed by atoms with van der Waals surface area (Å²) in [6.07, 6.45) is 0.940. The van der Waals surface area contributed by atoms with Gasteiger partial charge in [0.1, 0.15) is 5.75 Å². The van der Waals surface area contributed by atoms with E-state index in [1.54, 1.807) is 13.8 Å². The Kier molecular flexibility index (Phi) is 2.73. The fourth-order valence-electron chi connectivity index (χ4n) is 1.76. The Morgan fingerprint density at radius 2 is 2.00 bits per heavy atom. The van der Waals surface area contributed by atoms with Crippen molar-refractivity contribution in [2.45, 2.75) is 32.3 Å². The van der Waals surface area contributed by atoms with Gasteiger partial charge in [-0.3, -0.25) is 10.1 Å². The summed E-state index contributed by atoms with van der Waals surface area (Å²) in [7, 11) is 0. The minimum atomic E-state index is -1.13. The van der Waals surface area contributed by atoms with Crippen LogP contribution in [0.1, 0.15) is 24.0 Å². The first kappa shape index (κ1) is 12.3. The number of nitrogens with zero attached hydrogens (tertiary/aromatic N) is 1. The lowest BCUT2D eigenvalue weighted by molar-refractivity contribution is -0.385. The Balaban J connectivity index is 2.33. The summed E-state index contributed by atoms with van der Waals surface area (Å²) in [4.78, 5) is 21.3. The quantitative estimate of drug-likeness (QED) is 0.654. The normalized spacial score (nSPS) is 16.1. The maximum Gasteiger partial charge on any atom is 0.348 e. The van der Waals surface area contributed by atoms with Gasteiger partial charge in [-0.25, -0.2) is 4.79 Å². The van der Waals surface area contributed by atoms with Gasteiger partial charge >= 0.3 is 5.97 Å². The van der Waals surface area contributed by atoms with Gasteiger partial charge in [0.15, 0.2) is 0 Å². The molecule has 1 saturated carbocycles. The highest BCUT2D eigenvalue weighted by atomic mass is 16.6. The van der Waals surface area contributed by atoms with Gasteiger partial charge < -0.3 is 9.84 Å². The smallest absolute Gasteiger partial charge is 0.348 e. The number of aryl methyl sites for hydroxylation is 2. The summed E-state index contributed by atoms with van der Waals surface area (Å²) < 4.78 is 5.50. The van der Waals surface area contributed by atoms with Crippen LogP contribution in [-0.4, -0.2) is 21.6 Å². The van der Waals surface area contributed by atoms with Crippen molar-refractivity contribution in [3.05, 3.63) is 33.4 Å². The molecule has 0 spiro atoms. The molecule has 2 rings (SSSR count). The number of carbonyl (C=O) groups is 1. The molecule has 0 amide bonds. The lowest BCUT2D eigenvalue weighted by atomic mass is 10.1. The van der Waals surface area contributed by atoms with E-state index in [1.807, 2.05) is 0 Å². The average molecular weight is 251 g/mol. The van der Waals surface area contributed by atoms with Crippen molar-refractivity contribution in [1.29, 1.82) is 0 Å². The van der Waals surface area contributed by atoms with Crippen LogP contribution in [0.2, 0.25) is 0 Å². The van der Waals surface area contributed by atoms with E-state index < -0.39 is 16.5 Å². The predicted molar refractivity (Wildman–Crippen MR) is 62.8 cm³/mol. The van der Waals surface area contributed by atoms with Crippen LogP contribution in [0.25, 0.3) is 0 Å². The molecular formula is C12H13NO5. The molecule has 0 saturated heterocycles. The standard InChI is InChI=1S/C12H13NO5/c1-7-6-10(8(2)5-9(7)13(16)17)18-12(3-4-12)11(14)15/h5-6H,3-4H2,1-2H3,(H,14,15). The van der Waals surface area contributed by atoms with E-state index in [9.17, 15) is 14.9 Å². The Morgan fingerprint density at radius 1 is 1.39 bits per heavy atom. The van der Waals surface area contributed by atoms with E-state index in [-0.39, 0.29) is 5.69 Å². The second-order valence-electron chi connectivity index (χ2n) is 4.56. The van der Waals surface area contributed by atoms with Crippen molar-refractivity contribution in [2.24, 2.45) is 0 Å². The molecule has 0 heterocycles. The zero-order valence-electron chi connectivity index (χ0n) is 10.1. The summed E-state index contributed by atoms with van der Waals surface area (Å²) in [5.74, 6) is -0.587. The maximum atomic E-state index is 11.0. The van der Waals surface area contributed by atoms with Gasteiger partial charge in [-0.15, -0.1) is 0 Å². The van der Waals surface area contributed by atoms with Crippen LogP contribution in [0, 0.1) is 24.0 Å². The minimum Gasteiger partial charge on any atom is -0.478 e. The lowest BCUT2D eigenvalue weighted by Gasteiger charge is -2.15. The van der Waals surface area contributed by atoms with E-state index in [1.165, 1.54) is 12.1 Å². The second kappa shape index (κ2) is 3.97. The first-order valence-corrected chi connectivity index (χ1v) is 5.54. The highest BCUT2D eigenvalue weighted by Gasteiger charge is 2.53. The van der Waals surface area contributed by atoms with Gasteiger partial charge in [-0.1, -0.05) is 0 Å². The Morgan fingerprint density at radius 3 is 2.44 bits per heavy atom.